The number of hydrogen-bond acceptors (Lipinski definition) is 10. The van der Waals surface area contributed by atoms with Crippen molar-refractivity contribution in [1.29, 1.82) is 0 Å². The fourth-order valence-corrected chi connectivity index (χ4v) is 5.24. The van der Waals surface area contributed by atoms with Crippen molar-refractivity contribution >= 4 is 58.4 Å². The zero-order valence-corrected chi connectivity index (χ0v) is 27.4. The number of esters is 3. The molecule has 1 aliphatic heterocycles. The van der Waals surface area contributed by atoms with E-state index in [-0.39, 0.29) is 11.7 Å². The number of amides is 1. The number of benzene rings is 2. The molecule has 0 aliphatic carbocycles. The normalized spacial score (nSPS) is 20.7. The van der Waals surface area contributed by atoms with E-state index in [1.54, 1.807) is 12.1 Å². The molecule has 46 heavy (non-hydrogen) atoms. The first-order valence-corrected chi connectivity index (χ1v) is 15.9. The molecule has 0 bridgehead atoms. The van der Waals surface area contributed by atoms with Crippen LogP contribution in [0.15, 0.2) is 48.5 Å². The number of anilines is 2. The van der Waals surface area contributed by atoms with Crippen molar-refractivity contribution in [1.82, 2.24) is 0 Å². The second-order valence-corrected chi connectivity index (χ2v) is 11.3. The minimum absolute atomic E-state index is 0.172. The first kappa shape index (κ1) is 36.9. The Bertz CT molecular complexity index is 1290. The summed E-state index contributed by atoms with van der Waals surface area (Å²) in [4.78, 5) is 49.5. The Labute approximate surface area is 277 Å². The van der Waals surface area contributed by atoms with Gasteiger partial charge in [0.1, 0.15) is 18.5 Å². The van der Waals surface area contributed by atoms with Gasteiger partial charge in [-0.2, -0.15) is 0 Å². The van der Waals surface area contributed by atoms with Crippen LogP contribution >= 0.6 is 23.2 Å². The number of rotatable bonds is 16. The van der Waals surface area contributed by atoms with E-state index in [1.807, 2.05) is 24.3 Å². The van der Waals surface area contributed by atoms with Crippen LogP contribution < -0.4 is 15.0 Å². The van der Waals surface area contributed by atoms with Crippen LogP contribution in [0.3, 0.4) is 0 Å². The van der Waals surface area contributed by atoms with Gasteiger partial charge in [-0.1, -0.05) is 12.1 Å². The molecular formula is C32H39Cl2FN2O9. The maximum absolute atomic E-state index is 15.5. The highest BCUT2D eigenvalue weighted by molar-refractivity contribution is 6.18. The van der Waals surface area contributed by atoms with E-state index in [9.17, 15) is 19.2 Å². The quantitative estimate of drug-likeness (QED) is 0.150. The Morgan fingerprint density at radius 3 is 2.04 bits per heavy atom. The SMILES string of the molecule is CC(=O)OC[C@H]1O[C@@H](Oc2ccc(NC(=O)CCCc3ccc(N(CCCl)CCCl)cc3)cc2)[C@H](F)[C@@H](OC(C)=O)[C@@H]1OC(C)=O. The number of nitrogens with zero attached hydrogens (tertiary/aromatic N) is 1. The number of carbonyl (C=O) groups excluding carboxylic acids is 4. The zero-order chi connectivity index (χ0) is 33.6. The number of ether oxygens (including phenoxy) is 5. The largest absolute Gasteiger partial charge is 0.463 e. The molecule has 1 fully saturated rings. The highest BCUT2D eigenvalue weighted by Gasteiger charge is 2.52. The Kier molecular flexibility index (Phi) is 14.8. The van der Waals surface area contributed by atoms with Crippen molar-refractivity contribution in [2.24, 2.45) is 0 Å². The molecule has 2 aromatic carbocycles. The monoisotopic (exact) mass is 684 g/mol. The molecule has 5 atom stereocenters. The third-order valence-electron chi connectivity index (χ3n) is 6.90. The van der Waals surface area contributed by atoms with Gasteiger partial charge in [-0.25, -0.2) is 4.39 Å². The van der Waals surface area contributed by atoms with Crippen molar-refractivity contribution < 1.29 is 47.3 Å². The summed E-state index contributed by atoms with van der Waals surface area (Å²) in [6.45, 7) is 4.35. The lowest BCUT2D eigenvalue weighted by atomic mass is 9.99. The fourth-order valence-electron chi connectivity index (χ4n) is 4.83. The minimum Gasteiger partial charge on any atom is -0.463 e. The van der Waals surface area contributed by atoms with E-state index in [1.165, 1.54) is 19.1 Å². The lowest BCUT2D eigenvalue weighted by Gasteiger charge is -2.41. The van der Waals surface area contributed by atoms with Crippen LogP contribution in [0.2, 0.25) is 0 Å². The molecule has 2 aromatic rings. The number of alkyl halides is 3. The zero-order valence-electron chi connectivity index (χ0n) is 25.9. The maximum Gasteiger partial charge on any atom is 0.303 e. The summed E-state index contributed by atoms with van der Waals surface area (Å²) < 4.78 is 42.2. The molecule has 252 valence electrons. The molecule has 1 saturated heterocycles. The molecule has 3 rings (SSSR count). The second-order valence-electron chi connectivity index (χ2n) is 10.5. The van der Waals surface area contributed by atoms with E-state index in [2.05, 4.69) is 10.2 Å². The van der Waals surface area contributed by atoms with Gasteiger partial charge in [-0.3, -0.25) is 19.2 Å². The topological polar surface area (TPSA) is 130 Å². The van der Waals surface area contributed by atoms with Gasteiger partial charge in [0.15, 0.2) is 12.2 Å². The van der Waals surface area contributed by atoms with E-state index in [4.69, 9.17) is 46.9 Å². The molecule has 1 aliphatic rings. The standard InChI is InChI=1S/C32H39Cl2FN2O9/c1-20(38)42-19-27-30(43-21(2)39)31(44-22(3)40)29(35)32(46-27)45-26-13-9-24(10-14-26)36-28(41)6-4-5-23-7-11-25(12-8-23)37(17-15-33)18-16-34/h7-14,27,29-32H,4-6,15-19H2,1-3H3,(H,36,41)/t27-,29-,30-,31-,32-/m1/s1. The number of aryl methyl sites for hydroxylation is 1. The molecule has 0 unspecified atom stereocenters. The van der Waals surface area contributed by atoms with Crippen LogP contribution in [0.4, 0.5) is 15.8 Å². The fraction of sp³-hybridized carbons (Fsp3) is 0.500. The molecular weight excluding hydrogens is 646 g/mol. The molecule has 1 N–H and O–H groups in total. The van der Waals surface area contributed by atoms with E-state index in [0.717, 1.165) is 31.5 Å². The van der Waals surface area contributed by atoms with E-state index >= 15 is 4.39 Å². The van der Waals surface area contributed by atoms with Crippen LogP contribution in [0.25, 0.3) is 0 Å². The summed E-state index contributed by atoms with van der Waals surface area (Å²) in [5.41, 5.74) is 2.66. The van der Waals surface area contributed by atoms with Gasteiger partial charge in [0.25, 0.3) is 0 Å². The number of nitrogens with one attached hydrogen (secondary N) is 1. The van der Waals surface area contributed by atoms with Crippen LogP contribution in [0.5, 0.6) is 5.75 Å². The molecule has 0 aromatic heterocycles. The van der Waals surface area contributed by atoms with Crippen LogP contribution in [-0.2, 0) is 44.5 Å². The maximum atomic E-state index is 15.5. The molecule has 0 radical (unpaired) electrons. The summed E-state index contributed by atoms with van der Waals surface area (Å²) in [6, 6.07) is 14.3. The van der Waals surface area contributed by atoms with Gasteiger partial charge in [0.05, 0.1) is 0 Å². The van der Waals surface area contributed by atoms with Gasteiger partial charge >= 0.3 is 17.9 Å². The Balaban J connectivity index is 1.55. The lowest BCUT2D eigenvalue weighted by molar-refractivity contribution is -0.271. The van der Waals surface area contributed by atoms with Crippen LogP contribution in [0, 0.1) is 0 Å². The molecule has 0 spiro atoms. The average Bonchev–Trinajstić information content (AvgIpc) is 3.00. The third-order valence-corrected chi connectivity index (χ3v) is 7.24. The predicted octanol–water partition coefficient (Wildman–Crippen LogP) is 4.80. The number of hydrogen-bond donors (Lipinski definition) is 1. The van der Waals surface area contributed by atoms with Gasteiger partial charge in [0, 0.05) is 63.4 Å². The van der Waals surface area contributed by atoms with Crippen LogP contribution in [0.1, 0.15) is 39.2 Å². The molecule has 1 heterocycles. The molecule has 11 nitrogen and oxygen atoms in total. The number of carbonyl (C=O) groups is 4. The van der Waals surface area contributed by atoms with Crippen molar-refractivity contribution in [3.05, 3.63) is 54.1 Å². The third kappa shape index (κ3) is 11.6. The van der Waals surface area contributed by atoms with Gasteiger partial charge in [-0.05, 0) is 54.8 Å². The Morgan fingerprint density at radius 1 is 0.870 bits per heavy atom. The average molecular weight is 686 g/mol. The first-order valence-electron chi connectivity index (χ1n) is 14.8. The summed E-state index contributed by atoms with van der Waals surface area (Å²) in [5.74, 6) is -1.21. The minimum atomic E-state index is -2.06. The summed E-state index contributed by atoms with van der Waals surface area (Å²) in [6.07, 6.45) is -6.16. The summed E-state index contributed by atoms with van der Waals surface area (Å²) in [5, 5.41) is 2.82. The van der Waals surface area contributed by atoms with Crippen molar-refractivity contribution in [2.75, 3.05) is 41.7 Å². The van der Waals surface area contributed by atoms with Gasteiger partial charge in [0.2, 0.25) is 18.4 Å². The van der Waals surface area contributed by atoms with Gasteiger partial charge < -0.3 is 33.9 Å². The molecule has 0 saturated carbocycles. The Hall–Kier alpha value is -3.61. The van der Waals surface area contributed by atoms with E-state index in [0.29, 0.717) is 43.4 Å². The summed E-state index contributed by atoms with van der Waals surface area (Å²) in [7, 11) is 0. The second kappa shape index (κ2) is 18.5. The van der Waals surface area contributed by atoms with Gasteiger partial charge in [-0.15, -0.1) is 23.2 Å². The first-order chi connectivity index (χ1) is 22.0. The van der Waals surface area contributed by atoms with Crippen LogP contribution in [-0.4, -0.2) is 86.0 Å². The van der Waals surface area contributed by atoms with Crippen molar-refractivity contribution in [3.63, 3.8) is 0 Å². The Morgan fingerprint density at radius 2 is 1.48 bits per heavy atom. The smallest absolute Gasteiger partial charge is 0.303 e. The molecule has 14 heteroatoms. The van der Waals surface area contributed by atoms with E-state index < -0.39 is 55.3 Å². The highest BCUT2D eigenvalue weighted by Crippen LogP contribution is 2.31. The summed E-state index contributed by atoms with van der Waals surface area (Å²) >= 11 is 11.8. The lowest BCUT2D eigenvalue weighted by Crippen LogP contribution is -2.61. The molecule has 1 amide bonds. The van der Waals surface area contributed by atoms with Crippen molar-refractivity contribution in [3.8, 4) is 5.75 Å². The number of halogens is 3. The highest BCUT2D eigenvalue weighted by atomic mass is 35.5. The van der Waals surface area contributed by atoms with Crippen molar-refractivity contribution in [2.45, 2.75) is 70.8 Å². The predicted molar refractivity (Wildman–Crippen MR) is 170 cm³/mol.